The molecule has 0 radical (unpaired) electrons. The molecule has 0 heterocycles. The van der Waals surface area contributed by atoms with Crippen LogP contribution < -0.4 is 14.8 Å². The lowest BCUT2D eigenvalue weighted by atomic mass is 10.1. The van der Waals surface area contributed by atoms with Crippen LogP contribution in [0, 0.1) is 0 Å². The Bertz CT molecular complexity index is 821. The zero-order valence-corrected chi connectivity index (χ0v) is 16.4. The summed E-state index contributed by atoms with van der Waals surface area (Å²) < 4.78 is 11.4. The minimum absolute atomic E-state index is 0.159. The number of rotatable bonds is 9. The molecule has 2 N–H and O–H groups in total. The van der Waals surface area contributed by atoms with Gasteiger partial charge in [-0.1, -0.05) is 30.3 Å². The van der Waals surface area contributed by atoms with E-state index >= 15 is 0 Å². The van der Waals surface area contributed by atoms with Gasteiger partial charge in [0.15, 0.2) is 18.1 Å². The molecule has 0 aliphatic rings. The quantitative estimate of drug-likeness (QED) is 0.592. The summed E-state index contributed by atoms with van der Waals surface area (Å²) in [5.41, 5.74) is 1.77. The largest absolute Gasteiger partial charge is 0.493 e. The second-order valence-corrected chi connectivity index (χ2v) is 6.43. The van der Waals surface area contributed by atoms with Crippen LogP contribution in [0.4, 0.5) is 0 Å². The first-order chi connectivity index (χ1) is 13.0. The molecule has 2 aromatic rings. The highest BCUT2D eigenvalue weighted by Gasteiger charge is 2.13. The van der Waals surface area contributed by atoms with Crippen LogP contribution in [-0.4, -0.2) is 37.2 Å². The number of halogens is 1. The molecule has 0 spiro atoms. The van der Waals surface area contributed by atoms with Crippen LogP contribution in [-0.2, 0) is 16.0 Å². The summed E-state index contributed by atoms with van der Waals surface area (Å²) in [5, 5.41) is 11.5. The van der Waals surface area contributed by atoms with Gasteiger partial charge in [-0.2, -0.15) is 0 Å². The van der Waals surface area contributed by atoms with Gasteiger partial charge in [-0.3, -0.25) is 4.79 Å². The Morgan fingerprint density at radius 3 is 2.63 bits per heavy atom. The molecule has 0 saturated heterocycles. The van der Waals surface area contributed by atoms with Gasteiger partial charge >= 0.3 is 5.97 Å². The topological polar surface area (TPSA) is 84.9 Å². The Hall–Kier alpha value is -2.80. The summed E-state index contributed by atoms with van der Waals surface area (Å²) in [5.74, 6) is -0.512. The molecule has 142 valence electrons. The number of hydrogen-bond acceptors (Lipinski definition) is 4. The third-order valence-electron chi connectivity index (χ3n) is 3.60. The van der Waals surface area contributed by atoms with E-state index in [1.54, 1.807) is 12.1 Å². The molecule has 27 heavy (non-hydrogen) atoms. The van der Waals surface area contributed by atoms with Gasteiger partial charge in [0.05, 0.1) is 11.6 Å². The van der Waals surface area contributed by atoms with Gasteiger partial charge in [0.25, 0.3) is 5.91 Å². The Kier molecular flexibility index (Phi) is 7.88. The summed E-state index contributed by atoms with van der Waals surface area (Å²) in [4.78, 5) is 22.6. The molecular weight excluding hydrogens is 414 g/mol. The normalized spacial score (nSPS) is 10.6. The number of carboxylic acid groups (broad SMARTS) is 1. The lowest BCUT2D eigenvalue weighted by Crippen LogP contribution is -2.30. The number of carbonyl (C=O) groups excluding carboxylic acids is 1. The number of benzene rings is 2. The van der Waals surface area contributed by atoms with Crippen molar-refractivity contribution >= 4 is 33.9 Å². The second-order valence-electron chi connectivity index (χ2n) is 5.58. The predicted octanol–water partition coefficient (Wildman–Crippen LogP) is 3.29. The molecule has 0 atom stereocenters. The summed E-state index contributed by atoms with van der Waals surface area (Å²) in [6, 6.07) is 13.2. The summed E-state index contributed by atoms with van der Waals surface area (Å²) >= 11 is 3.36. The molecule has 7 heteroatoms. The molecule has 0 aliphatic heterocycles. The highest BCUT2D eigenvalue weighted by molar-refractivity contribution is 9.10. The maximum absolute atomic E-state index is 12.0. The average Bonchev–Trinajstić information content (AvgIpc) is 2.65. The summed E-state index contributed by atoms with van der Waals surface area (Å²) in [7, 11) is 1.47. The number of amides is 1. The smallest absolute Gasteiger partial charge is 0.328 e. The van der Waals surface area contributed by atoms with Crippen LogP contribution in [0.3, 0.4) is 0 Å². The van der Waals surface area contributed by atoms with Gasteiger partial charge in [0, 0.05) is 12.6 Å². The van der Waals surface area contributed by atoms with Gasteiger partial charge in [0.1, 0.15) is 0 Å². The van der Waals surface area contributed by atoms with Gasteiger partial charge in [-0.15, -0.1) is 0 Å². The number of aliphatic carboxylic acids is 1. The number of methoxy groups -OCH3 is 1. The number of carboxylic acids is 1. The Labute approximate surface area is 165 Å². The molecule has 2 rings (SSSR count). The minimum Gasteiger partial charge on any atom is -0.493 e. The molecule has 1 amide bonds. The Morgan fingerprint density at radius 2 is 1.96 bits per heavy atom. The first-order valence-corrected chi connectivity index (χ1v) is 9.01. The van der Waals surface area contributed by atoms with Crippen LogP contribution in [0.5, 0.6) is 11.5 Å². The van der Waals surface area contributed by atoms with E-state index in [2.05, 4.69) is 21.2 Å². The van der Waals surface area contributed by atoms with Crippen molar-refractivity contribution in [3.05, 3.63) is 64.1 Å². The van der Waals surface area contributed by atoms with E-state index in [4.69, 9.17) is 14.6 Å². The highest BCUT2D eigenvalue weighted by Crippen LogP contribution is 2.37. The molecule has 0 unspecified atom stereocenters. The minimum atomic E-state index is -1.04. The number of carbonyl (C=O) groups is 2. The van der Waals surface area contributed by atoms with Crippen molar-refractivity contribution in [2.24, 2.45) is 0 Å². The second kappa shape index (κ2) is 10.4. The highest BCUT2D eigenvalue weighted by atomic mass is 79.9. The monoisotopic (exact) mass is 433 g/mol. The molecule has 0 bridgehead atoms. The first-order valence-electron chi connectivity index (χ1n) is 8.21. The molecule has 0 fully saturated rings. The fourth-order valence-corrected chi connectivity index (χ4v) is 2.90. The van der Waals surface area contributed by atoms with Crippen LogP contribution in [0.1, 0.15) is 11.1 Å². The fraction of sp³-hybridized carbons (Fsp3) is 0.200. The van der Waals surface area contributed by atoms with Crippen molar-refractivity contribution in [2.75, 3.05) is 20.3 Å². The van der Waals surface area contributed by atoms with Crippen molar-refractivity contribution in [3.63, 3.8) is 0 Å². The predicted molar refractivity (Wildman–Crippen MR) is 106 cm³/mol. The molecular formula is C20H20BrNO5. The number of hydrogen-bond donors (Lipinski definition) is 2. The summed E-state index contributed by atoms with van der Waals surface area (Å²) in [6.07, 6.45) is 3.21. The Balaban J connectivity index is 1.92. The SMILES string of the molecule is COc1cc(C=CC(=O)O)cc(Br)c1OCC(=O)NCCc1ccccc1. The maximum Gasteiger partial charge on any atom is 0.328 e. The lowest BCUT2D eigenvalue weighted by molar-refractivity contribution is -0.131. The molecule has 2 aromatic carbocycles. The van der Waals surface area contributed by atoms with E-state index in [-0.39, 0.29) is 12.5 Å². The van der Waals surface area contributed by atoms with E-state index in [1.807, 2.05) is 30.3 Å². The zero-order chi connectivity index (χ0) is 19.6. The van der Waals surface area contributed by atoms with Crippen LogP contribution in [0.2, 0.25) is 0 Å². The fourth-order valence-electron chi connectivity index (χ4n) is 2.32. The first kappa shape index (κ1) is 20.5. The molecule has 0 aliphatic carbocycles. The van der Waals surface area contributed by atoms with Gasteiger partial charge in [0.2, 0.25) is 0 Å². The van der Waals surface area contributed by atoms with E-state index in [0.29, 0.717) is 28.1 Å². The van der Waals surface area contributed by atoms with Crippen molar-refractivity contribution in [2.45, 2.75) is 6.42 Å². The Morgan fingerprint density at radius 1 is 1.22 bits per heavy atom. The molecule has 0 saturated carbocycles. The lowest BCUT2D eigenvalue weighted by Gasteiger charge is -2.13. The van der Waals surface area contributed by atoms with E-state index < -0.39 is 5.97 Å². The zero-order valence-electron chi connectivity index (χ0n) is 14.8. The van der Waals surface area contributed by atoms with Crippen LogP contribution >= 0.6 is 15.9 Å². The van der Waals surface area contributed by atoms with E-state index in [1.165, 1.54) is 13.2 Å². The van der Waals surface area contributed by atoms with Crippen molar-refractivity contribution < 1.29 is 24.2 Å². The third-order valence-corrected chi connectivity index (χ3v) is 4.19. The van der Waals surface area contributed by atoms with Gasteiger partial charge in [-0.05, 0) is 51.7 Å². The average molecular weight is 434 g/mol. The van der Waals surface area contributed by atoms with Crippen LogP contribution in [0.25, 0.3) is 6.08 Å². The number of nitrogens with one attached hydrogen (secondary N) is 1. The van der Waals surface area contributed by atoms with E-state index in [9.17, 15) is 9.59 Å². The van der Waals surface area contributed by atoms with Crippen molar-refractivity contribution in [3.8, 4) is 11.5 Å². The summed E-state index contributed by atoms with van der Waals surface area (Å²) in [6.45, 7) is 0.359. The van der Waals surface area contributed by atoms with Crippen molar-refractivity contribution in [1.82, 2.24) is 5.32 Å². The standard InChI is InChI=1S/C20H20BrNO5/c1-26-17-12-15(7-8-19(24)25)11-16(21)20(17)27-13-18(23)22-10-9-14-5-3-2-4-6-14/h2-8,11-12H,9-10,13H2,1H3,(H,22,23)(H,24,25). The van der Waals surface area contributed by atoms with Gasteiger partial charge in [-0.25, -0.2) is 4.79 Å². The maximum atomic E-state index is 12.0. The van der Waals surface area contributed by atoms with Gasteiger partial charge < -0.3 is 19.9 Å². The van der Waals surface area contributed by atoms with Crippen LogP contribution in [0.15, 0.2) is 53.0 Å². The molecule has 0 aromatic heterocycles. The van der Waals surface area contributed by atoms with E-state index in [0.717, 1.165) is 18.1 Å². The van der Waals surface area contributed by atoms with Crippen molar-refractivity contribution in [1.29, 1.82) is 0 Å². The molecule has 6 nitrogen and oxygen atoms in total. The third kappa shape index (κ3) is 6.79. The number of ether oxygens (including phenoxy) is 2.